The Kier molecular flexibility index (Phi) is 3.97. The summed E-state index contributed by atoms with van der Waals surface area (Å²) >= 11 is 1.25. The normalized spacial score (nSPS) is 17.2. The highest BCUT2D eigenvalue weighted by atomic mass is 32.2. The van der Waals surface area contributed by atoms with Crippen LogP contribution in [0.4, 0.5) is 4.79 Å². The summed E-state index contributed by atoms with van der Waals surface area (Å²) in [5.41, 5.74) is 0.966. The Bertz CT molecular complexity index is 773. The molecule has 0 spiro atoms. The predicted octanol–water partition coefficient (Wildman–Crippen LogP) is 2.22. The first-order chi connectivity index (χ1) is 11.7. The molecule has 2 aliphatic rings. The van der Waals surface area contributed by atoms with E-state index in [4.69, 9.17) is 4.74 Å². The van der Waals surface area contributed by atoms with Crippen molar-refractivity contribution in [3.63, 3.8) is 0 Å². The number of nitrogens with zero attached hydrogens (tertiary/aromatic N) is 4. The van der Waals surface area contributed by atoms with Gasteiger partial charge in [-0.05, 0) is 25.0 Å². The Morgan fingerprint density at radius 2 is 2.08 bits per heavy atom. The van der Waals surface area contributed by atoms with Gasteiger partial charge in [0.2, 0.25) is 11.1 Å². The Balaban J connectivity index is 1.50. The fraction of sp³-hybridized carbons (Fsp3) is 0.375. The minimum absolute atomic E-state index is 0.123. The SMILES string of the molecule is O=C(CSc1nc(C2CC2)n(-c2ccccc2)n1)N1CCOC1=O. The molecule has 2 heterocycles. The van der Waals surface area contributed by atoms with E-state index in [2.05, 4.69) is 10.1 Å². The molecule has 2 fully saturated rings. The van der Waals surface area contributed by atoms with E-state index >= 15 is 0 Å². The second-order valence-electron chi connectivity index (χ2n) is 5.72. The molecule has 2 amide bonds. The number of rotatable bonds is 5. The maximum atomic E-state index is 12.1. The summed E-state index contributed by atoms with van der Waals surface area (Å²) in [4.78, 5) is 29.2. The van der Waals surface area contributed by atoms with Gasteiger partial charge in [0, 0.05) is 5.92 Å². The van der Waals surface area contributed by atoms with Crippen LogP contribution in [-0.2, 0) is 9.53 Å². The van der Waals surface area contributed by atoms with Crippen molar-refractivity contribution in [2.75, 3.05) is 18.9 Å². The molecule has 2 aromatic rings. The molecule has 0 atom stereocenters. The average Bonchev–Trinajstić information content (AvgIpc) is 3.22. The largest absolute Gasteiger partial charge is 0.447 e. The highest BCUT2D eigenvalue weighted by molar-refractivity contribution is 7.99. The number of para-hydroxylation sites is 1. The van der Waals surface area contributed by atoms with Crippen LogP contribution >= 0.6 is 11.8 Å². The van der Waals surface area contributed by atoms with Gasteiger partial charge in [0.25, 0.3) is 0 Å². The Labute approximate surface area is 143 Å². The molecule has 0 bridgehead atoms. The summed E-state index contributed by atoms with van der Waals surface area (Å²) in [6.07, 6.45) is 1.67. The fourth-order valence-corrected chi connectivity index (χ4v) is 3.26. The topological polar surface area (TPSA) is 77.3 Å². The van der Waals surface area contributed by atoms with Crippen LogP contribution in [0.3, 0.4) is 0 Å². The number of aromatic nitrogens is 3. The van der Waals surface area contributed by atoms with Crippen molar-refractivity contribution >= 4 is 23.8 Å². The summed E-state index contributed by atoms with van der Waals surface area (Å²) in [7, 11) is 0. The lowest BCUT2D eigenvalue weighted by molar-refractivity contribution is -0.125. The standard InChI is InChI=1S/C16H16N4O3S/c21-13(19-8-9-23-16(19)22)10-24-15-17-14(11-6-7-11)20(18-15)12-4-2-1-3-5-12/h1-5,11H,6-10H2. The van der Waals surface area contributed by atoms with Crippen LogP contribution in [0.1, 0.15) is 24.6 Å². The van der Waals surface area contributed by atoms with Gasteiger partial charge in [-0.2, -0.15) is 0 Å². The number of hydrogen-bond acceptors (Lipinski definition) is 6. The first-order valence-corrected chi connectivity index (χ1v) is 8.83. The molecular weight excluding hydrogens is 328 g/mol. The van der Waals surface area contributed by atoms with Gasteiger partial charge in [-0.15, -0.1) is 5.10 Å². The highest BCUT2D eigenvalue weighted by Crippen LogP contribution is 2.40. The molecule has 1 aliphatic heterocycles. The summed E-state index contributed by atoms with van der Waals surface area (Å²) in [6.45, 7) is 0.583. The summed E-state index contributed by atoms with van der Waals surface area (Å²) in [6, 6.07) is 9.85. The van der Waals surface area contributed by atoms with Crippen molar-refractivity contribution in [2.24, 2.45) is 0 Å². The van der Waals surface area contributed by atoms with Gasteiger partial charge in [-0.1, -0.05) is 30.0 Å². The molecule has 1 aliphatic carbocycles. The zero-order valence-corrected chi connectivity index (χ0v) is 13.7. The lowest BCUT2D eigenvalue weighted by atomic mass is 10.3. The van der Waals surface area contributed by atoms with Crippen molar-refractivity contribution < 1.29 is 14.3 Å². The minimum atomic E-state index is -0.568. The number of ether oxygens (including phenoxy) is 1. The smallest absolute Gasteiger partial charge is 0.416 e. The number of benzene rings is 1. The molecule has 1 saturated heterocycles. The Morgan fingerprint density at radius 1 is 1.29 bits per heavy atom. The summed E-state index contributed by atoms with van der Waals surface area (Å²) < 4.78 is 6.64. The van der Waals surface area contributed by atoms with Crippen molar-refractivity contribution in [3.05, 3.63) is 36.2 Å². The van der Waals surface area contributed by atoms with E-state index in [0.717, 1.165) is 29.3 Å². The second kappa shape index (κ2) is 6.27. The van der Waals surface area contributed by atoms with Crippen LogP contribution < -0.4 is 0 Å². The maximum Gasteiger partial charge on any atom is 0.416 e. The van der Waals surface area contributed by atoms with Gasteiger partial charge in [0.05, 0.1) is 18.0 Å². The van der Waals surface area contributed by atoms with E-state index in [1.54, 1.807) is 0 Å². The monoisotopic (exact) mass is 344 g/mol. The number of thioether (sulfide) groups is 1. The van der Waals surface area contributed by atoms with Crippen LogP contribution in [0, 0.1) is 0 Å². The molecule has 1 aromatic heterocycles. The molecule has 0 unspecified atom stereocenters. The zero-order valence-electron chi connectivity index (χ0n) is 12.9. The third-order valence-corrected chi connectivity index (χ3v) is 4.77. The van der Waals surface area contributed by atoms with Crippen molar-refractivity contribution in [1.82, 2.24) is 19.7 Å². The molecule has 1 saturated carbocycles. The van der Waals surface area contributed by atoms with E-state index in [1.807, 2.05) is 35.0 Å². The lowest BCUT2D eigenvalue weighted by Crippen LogP contribution is -2.33. The van der Waals surface area contributed by atoms with Crippen molar-refractivity contribution in [2.45, 2.75) is 23.9 Å². The minimum Gasteiger partial charge on any atom is -0.447 e. The molecule has 0 N–H and O–H groups in total. The van der Waals surface area contributed by atoms with Crippen LogP contribution in [0.2, 0.25) is 0 Å². The van der Waals surface area contributed by atoms with E-state index in [-0.39, 0.29) is 18.3 Å². The van der Waals surface area contributed by atoms with Crippen LogP contribution in [-0.4, -0.2) is 50.6 Å². The van der Waals surface area contributed by atoms with Crippen molar-refractivity contribution in [1.29, 1.82) is 0 Å². The van der Waals surface area contributed by atoms with E-state index < -0.39 is 6.09 Å². The summed E-state index contributed by atoms with van der Waals surface area (Å²) in [5.74, 6) is 1.23. The van der Waals surface area contributed by atoms with Gasteiger partial charge in [0.1, 0.15) is 12.4 Å². The number of imide groups is 1. The number of carbonyl (C=O) groups excluding carboxylic acids is 2. The molecule has 7 nitrogen and oxygen atoms in total. The average molecular weight is 344 g/mol. The predicted molar refractivity (Wildman–Crippen MR) is 87.1 cm³/mol. The zero-order chi connectivity index (χ0) is 16.5. The maximum absolute atomic E-state index is 12.1. The molecule has 1 aromatic carbocycles. The van der Waals surface area contributed by atoms with E-state index in [0.29, 0.717) is 17.6 Å². The molecule has 124 valence electrons. The number of carbonyl (C=O) groups is 2. The Morgan fingerprint density at radius 3 is 2.75 bits per heavy atom. The molecule has 8 heteroatoms. The molecule has 0 radical (unpaired) electrons. The number of amides is 2. The lowest BCUT2D eigenvalue weighted by Gasteiger charge is -2.08. The molecule has 24 heavy (non-hydrogen) atoms. The third-order valence-electron chi connectivity index (χ3n) is 3.94. The van der Waals surface area contributed by atoms with E-state index in [9.17, 15) is 9.59 Å². The van der Waals surface area contributed by atoms with Crippen LogP contribution in [0.15, 0.2) is 35.5 Å². The molecular formula is C16H16N4O3S. The molecule has 4 rings (SSSR count). The number of cyclic esters (lactones) is 1. The van der Waals surface area contributed by atoms with Gasteiger partial charge >= 0.3 is 6.09 Å². The van der Waals surface area contributed by atoms with E-state index in [1.165, 1.54) is 11.8 Å². The van der Waals surface area contributed by atoms with Crippen LogP contribution in [0.25, 0.3) is 5.69 Å². The summed E-state index contributed by atoms with van der Waals surface area (Å²) in [5, 5.41) is 5.10. The van der Waals surface area contributed by atoms with Gasteiger partial charge in [-0.3, -0.25) is 4.79 Å². The highest BCUT2D eigenvalue weighted by Gasteiger charge is 2.31. The number of hydrogen-bond donors (Lipinski definition) is 0. The van der Waals surface area contributed by atoms with Gasteiger partial charge in [-0.25, -0.2) is 19.4 Å². The van der Waals surface area contributed by atoms with Gasteiger partial charge < -0.3 is 4.74 Å². The third kappa shape index (κ3) is 3.01. The van der Waals surface area contributed by atoms with Gasteiger partial charge in [0.15, 0.2) is 0 Å². The first kappa shape index (κ1) is 15.2. The van der Waals surface area contributed by atoms with Crippen LogP contribution in [0.5, 0.6) is 0 Å². The quantitative estimate of drug-likeness (QED) is 0.774. The second-order valence-corrected chi connectivity index (χ2v) is 6.67. The van der Waals surface area contributed by atoms with Crippen molar-refractivity contribution in [3.8, 4) is 5.69 Å². The Hall–Kier alpha value is -2.35. The fourth-order valence-electron chi connectivity index (χ4n) is 2.55. The first-order valence-electron chi connectivity index (χ1n) is 7.84.